The van der Waals surface area contributed by atoms with Crippen LogP contribution in [0.4, 0.5) is 0 Å². The molecule has 1 saturated heterocycles. The van der Waals surface area contributed by atoms with Crippen LogP contribution in [-0.4, -0.2) is 54.8 Å². The SMILES string of the molecule is C=CCNC(N)=NCC1(O)CCN(C)C1. The third kappa shape index (κ3) is 3.89. The smallest absolute Gasteiger partial charge is 0.188 e. The minimum Gasteiger partial charge on any atom is -0.387 e. The molecule has 1 rings (SSSR count). The maximum atomic E-state index is 10.1. The summed E-state index contributed by atoms with van der Waals surface area (Å²) in [4.78, 5) is 6.19. The number of aliphatic imine (C=N–C) groups is 1. The first-order chi connectivity index (χ1) is 7.06. The Labute approximate surface area is 90.7 Å². The molecule has 0 saturated carbocycles. The molecule has 0 aromatic rings. The number of nitrogens with two attached hydrogens (primary N) is 1. The summed E-state index contributed by atoms with van der Waals surface area (Å²) in [7, 11) is 1.99. The highest BCUT2D eigenvalue weighted by Gasteiger charge is 2.33. The third-order valence-electron chi connectivity index (χ3n) is 2.49. The molecule has 1 fully saturated rings. The van der Waals surface area contributed by atoms with Crippen LogP contribution in [0.15, 0.2) is 17.6 Å². The van der Waals surface area contributed by atoms with Gasteiger partial charge in [-0.15, -0.1) is 6.58 Å². The van der Waals surface area contributed by atoms with Gasteiger partial charge in [0, 0.05) is 19.6 Å². The first-order valence-corrected chi connectivity index (χ1v) is 5.11. The van der Waals surface area contributed by atoms with Gasteiger partial charge in [0.15, 0.2) is 5.96 Å². The number of β-amino-alcohol motifs (C(OH)–C–C–N with tert-alkyl or cyclic N) is 1. The molecular weight excluding hydrogens is 192 g/mol. The molecule has 0 aliphatic carbocycles. The second-order valence-electron chi connectivity index (χ2n) is 4.08. The van der Waals surface area contributed by atoms with Crippen LogP contribution in [0.1, 0.15) is 6.42 Å². The summed E-state index contributed by atoms with van der Waals surface area (Å²) < 4.78 is 0. The van der Waals surface area contributed by atoms with Gasteiger partial charge in [0.25, 0.3) is 0 Å². The number of aliphatic hydroxyl groups is 1. The molecule has 4 N–H and O–H groups in total. The van der Waals surface area contributed by atoms with Gasteiger partial charge in [-0.1, -0.05) is 6.08 Å². The van der Waals surface area contributed by atoms with E-state index in [9.17, 15) is 5.11 Å². The lowest BCUT2D eigenvalue weighted by molar-refractivity contribution is 0.0614. The summed E-state index contributed by atoms with van der Waals surface area (Å²) in [6.45, 7) is 6.08. The van der Waals surface area contributed by atoms with Crippen molar-refractivity contribution in [1.82, 2.24) is 10.2 Å². The summed E-state index contributed by atoms with van der Waals surface area (Å²) in [6, 6.07) is 0. The molecule has 0 radical (unpaired) electrons. The summed E-state index contributed by atoms with van der Waals surface area (Å²) in [5, 5.41) is 13.0. The van der Waals surface area contributed by atoms with Crippen molar-refractivity contribution in [2.45, 2.75) is 12.0 Å². The van der Waals surface area contributed by atoms with E-state index in [4.69, 9.17) is 5.73 Å². The van der Waals surface area contributed by atoms with E-state index in [0.717, 1.165) is 13.0 Å². The Balaban J connectivity index is 2.37. The van der Waals surface area contributed by atoms with E-state index in [2.05, 4.69) is 21.8 Å². The van der Waals surface area contributed by atoms with Crippen LogP contribution < -0.4 is 11.1 Å². The van der Waals surface area contributed by atoms with Crippen molar-refractivity contribution in [2.24, 2.45) is 10.7 Å². The highest BCUT2D eigenvalue weighted by molar-refractivity contribution is 5.77. The third-order valence-corrected chi connectivity index (χ3v) is 2.49. The van der Waals surface area contributed by atoms with Crippen molar-refractivity contribution in [3.63, 3.8) is 0 Å². The van der Waals surface area contributed by atoms with Gasteiger partial charge in [-0.05, 0) is 13.5 Å². The van der Waals surface area contributed by atoms with Crippen molar-refractivity contribution < 1.29 is 5.11 Å². The highest BCUT2D eigenvalue weighted by Crippen LogP contribution is 2.19. The molecule has 0 bridgehead atoms. The van der Waals surface area contributed by atoms with Crippen LogP contribution in [0.5, 0.6) is 0 Å². The second-order valence-corrected chi connectivity index (χ2v) is 4.08. The lowest BCUT2D eigenvalue weighted by Gasteiger charge is -2.19. The highest BCUT2D eigenvalue weighted by atomic mass is 16.3. The van der Waals surface area contributed by atoms with Crippen LogP contribution >= 0.6 is 0 Å². The molecule has 1 unspecified atom stereocenters. The minimum absolute atomic E-state index is 0.354. The number of rotatable bonds is 4. The fourth-order valence-corrected chi connectivity index (χ4v) is 1.65. The Morgan fingerprint density at radius 2 is 2.53 bits per heavy atom. The molecule has 86 valence electrons. The van der Waals surface area contributed by atoms with Crippen molar-refractivity contribution >= 4 is 5.96 Å². The second kappa shape index (κ2) is 5.14. The van der Waals surface area contributed by atoms with E-state index in [-0.39, 0.29) is 0 Å². The van der Waals surface area contributed by atoms with Gasteiger partial charge in [-0.2, -0.15) is 0 Å². The summed E-state index contributed by atoms with van der Waals surface area (Å²) in [5.41, 5.74) is 4.88. The number of likely N-dealkylation sites (N-methyl/N-ethyl adjacent to an activating group) is 1. The van der Waals surface area contributed by atoms with Crippen LogP contribution in [0.3, 0.4) is 0 Å². The topological polar surface area (TPSA) is 73.9 Å². The Hall–Kier alpha value is -1.07. The predicted molar refractivity (Wildman–Crippen MR) is 61.8 cm³/mol. The Kier molecular flexibility index (Phi) is 4.11. The fraction of sp³-hybridized carbons (Fsp3) is 0.700. The Morgan fingerprint density at radius 1 is 1.80 bits per heavy atom. The van der Waals surface area contributed by atoms with Gasteiger partial charge in [0.2, 0.25) is 0 Å². The molecule has 1 aliphatic heterocycles. The first-order valence-electron chi connectivity index (χ1n) is 5.11. The summed E-state index contributed by atoms with van der Waals surface area (Å²) in [6.07, 6.45) is 2.46. The van der Waals surface area contributed by atoms with E-state index in [0.29, 0.717) is 25.6 Å². The molecule has 1 heterocycles. The molecule has 0 amide bonds. The average molecular weight is 212 g/mol. The largest absolute Gasteiger partial charge is 0.387 e. The number of nitrogens with zero attached hydrogens (tertiary/aromatic N) is 2. The number of hydrogen-bond acceptors (Lipinski definition) is 3. The van der Waals surface area contributed by atoms with Gasteiger partial charge in [0.05, 0.1) is 12.1 Å². The molecule has 5 heteroatoms. The number of hydrogen-bond donors (Lipinski definition) is 3. The zero-order chi connectivity index (χ0) is 11.3. The predicted octanol–water partition coefficient (Wildman–Crippen LogP) is -0.857. The zero-order valence-electron chi connectivity index (χ0n) is 9.24. The van der Waals surface area contributed by atoms with Gasteiger partial charge in [0.1, 0.15) is 0 Å². The van der Waals surface area contributed by atoms with E-state index in [1.165, 1.54) is 0 Å². The van der Waals surface area contributed by atoms with Crippen molar-refractivity contribution in [1.29, 1.82) is 0 Å². The number of likely N-dealkylation sites (tertiary alicyclic amines) is 1. The Morgan fingerprint density at radius 3 is 3.07 bits per heavy atom. The van der Waals surface area contributed by atoms with Gasteiger partial charge < -0.3 is 21.1 Å². The Bertz CT molecular complexity index is 254. The van der Waals surface area contributed by atoms with Crippen LogP contribution in [-0.2, 0) is 0 Å². The molecule has 0 aromatic carbocycles. The monoisotopic (exact) mass is 212 g/mol. The summed E-state index contributed by atoms with van der Waals surface area (Å²) >= 11 is 0. The molecule has 0 aromatic heterocycles. The molecule has 5 nitrogen and oxygen atoms in total. The van der Waals surface area contributed by atoms with E-state index < -0.39 is 5.60 Å². The maximum Gasteiger partial charge on any atom is 0.188 e. The standard InChI is InChI=1S/C10H20N4O/c1-3-5-12-9(11)13-7-10(15)4-6-14(2)8-10/h3,15H,1,4-8H2,2H3,(H3,11,12,13). The molecular formula is C10H20N4O. The average Bonchev–Trinajstić information content (AvgIpc) is 2.53. The molecule has 1 atom stereocenters. The molecule has 15 heavy (non-hydrogen) atoms. The number of nitrogens with one attached hydrogen (secondary N) is 1. The van der Waals surface area contributed by atoms with E-state index in [1.54, 1.807) is 6.08 Å². The van der Waals surface area contributed by atoms with Crippen molar-refractivity contribution in [3.8, 4) is 0 Å². The quantitative estimate of drug-likeness (QED) is 0.322. The fourth-order valence-electron chi connectivity index (χ4n) is 1.65. The van der Waals surface area contributed by atoms with Crippen LogP contribution in [0.2, 0.25) is 0 Å². The van der Waals surface area contributed by atoms with E-state index in [1.807, 2.05) is 7.05 Å². The van der Waals surface area contributed by atoms with Crippen molar-refractivity contribution in [3.05, 3.63) is 12.7 Å². The minimum atomic E-state index is -0.713. The lowest BCUT2D eigenvalue weighted by atomic mass is 10.0. The van der Waals surface area contributed by atoms with E-state index >= 15 is 0 Å². The van der Waals surface area contributed by atoms with Gasteiger partial charge in [-0.25, -0.2) is 0 Å². The normalized spacial score (nSPS) is 28.0. The maximum absolute atomic E-state index is 10.1. The number of guanidine groups is 1. The van der Waals surface area contributed by atoms with Crippen LogP contribution in [0, 0.1) is 0 Å². The van der Waals surface area contributed by atoms with Gasteiger partial charge >= 0.3 is 0 Å². The molecule has 0 spiro atoms. The zero-order valence-corrected chi connectivity index (χ0v) is 9.24. The van der Waals surface area contributed by atoms with Crippen molar-refractivity contribution in [2.75, 3.05) is 33.2 Å². The van der Waals surface area contributed by atoms with Gasteiger partial charge in [-0.3, -0.25) is 4.99 Å². The lowest BCUT2D eigenvalue weighted by Crippen LogP contribution is -2.38. The first kappa shape index (κ1) is 12.0. The van der Waals surface area contributed by atoms with Crippen LogP contribution in [0.25, 0.3) is 0 Å². The molecule has 1 aliphatic rings. The summed E-state index contributed by atoms with van der Waals surface area (Å²) in [5.74, 6) is 0.359.